The van der Waals surface area contributed by atoms with Gasteiger partial charge in [0, 0.05) is 42.3 Å². The number of thiazole rings is 2. The van der Waals surface area contributed by atoms with Crippen LogP contribution >= 0.6 is 22.7 Å². The number of hydrogen-bond donors (Lipinski definition) is 2. The fourth-order valence-corrected chi connectivity index (χ4v) is 7.91. The van der Waals surface area contributed by atoms with Crippen molar-refractivity contribution in [1.29, 1.82) is 0 Å². The van der Waals surface area contributed by atoms with E-state index in [1.54, 1.807) is 11.3 Å². The van der Waals surface area contributed by atoms with Gasteiger partial charge in [-0.05, 0) is 72.9 Å². The van der Waals surface area contributed by atoms with E-state index in [1.807, 2.05) is 48.5 Å². The van der Waals surface area contributed by atoms with E-state index in [1.165, 1.54) is 22.6 Å². The first-order valence-electron chi connectivity index (χ1n) is 15.5. The number of fused-ring (bicyclic) bond motifs is 2. The molecule has 2 aliphatic rings. The summed E-state index contributed by atoms with van der Waals surface area (Å²) in [5, 5.41) is 13.7. The number of hydrogen-bond acceptors (Lipinski definition) is 11. The van der Waals surface area contributed by atoms with Crippen molar-refractivity contribution in [3.05, 3.63) is 94.0 Å². The summed E-state index contributed by atoms with van der Waals surface area (Å²) in [5.74, 6) is 0.679. The molecular weight excluding hydrogens is 623 g/mol. The lowest BCUT2D eigenvalue weighted by molar-refractivity contribution is -0.253. The number of benzene rings is 3. The fourth-order valence-electron chi connectivity index (χ4n) is 5.92. The van der Waals surface area contributed by atoms with Gasteiger partial charge in [0.2, 0.25) is 0 Å². The summed E-state index contributed by atoms with van der Waals surface area (Å²) in [7, 11) is 0. The highest BCUT2D eigenvalue weighted by Gasteiger charge is 2.25. The third-order valence-electron chi connectivity index (χ3n) is 8.30. The molecule has 12 heteroatoms. The Morgan fingerprint density at radius 3 is 2.63 bits per heavy atom. The van der Waals surface area contributed by atoms with E-state index in [9.17, 15) is 10.1 Å². The lowest BCUT2D eigenvalue weighted by Crippen LogP contribution is -2.36. The molecule has 1 fully saturated rings. The van der Waals surface area contributed by atoms with Gasteiger partial charge in [0.25, 0.3) is 5.91 Å². The maximum atomic E-state index is 13.4. The number of aromatic nitrogens is 2. The van der Waals surface area contributed by atoms with Gasteiger partial charge >= 0.3 is 0 Å². The van der Waals surface area contributed by atoms with Crippen LogP contribution in [0, 0.1) is 0 Å². The number of rotatable bonds is 11. The summed E-state index contributed by atoms with van der Waals surface area (Å²) in [6.45, 7) is 5.26. The summed E-state index contributed by atoms with van der Waals surface area (Å²) in [6.07, 6.45) is 2.35. The first-order chi connectivity index (χ1) is 22.6. The Labute approximate surface area is 275 Å². The first kappa shape index (κ1) is 30.6. The van der Waals surface area contributed by atoms with Crippen LogP contribution < -0.4 is 19.9 Å². The molecule has 3 aromatic carbocycles. The van der Waals surface area contributed by atoms with Gasteiger partial charge in [-0.1, -0.05) is 35.6 Å². The number of nitrogens with one attached hydrogen (secondary N) is 1. The molecule has 238 valence electrons. The van der Waals surface area contributed by atoms with Crippen LogP contribution in [0.15, 0.2) is 66.7 Å². The molecule has 0 radical (unpaired) electrons. The van der Waals surface area contributed by atoms with Crippen LogP contribution in [0.3, 0.4) is 0 Å². The summed E-state index contributed by atoms with van der Waals surface area (Å²) in [4.78, 5) is 33.0. The maximum Gasteiger partial charge on any atom is 0.257 e. The lowest BCUT2D eigenvalue weighted by atomic mass is 9.94. The van der Waals surface area contributed by atoms with E-state index in [4.69, 9.17) is 14.5 Å². The first-order valence-corrected chi connectivity index (χ1v) is 17.1. The summed E-state index contributed by atoms with van der Waals surface area (Å²) < 4.78 is 12.5. The number of amides is 1. The smallest absolute Gasteiger partial charge is 0.257 e. The molecule has 7 rings (SSSR count). The molecule has 0 bridgehead atoms. The van der Waals surface area contributed by atoms with Crippen LogP contribution in [-0.2, 0) is 35.6 Å². The van der Waals surface area contributed by atoms with E-state index < -0.39 is 0 Å². The second-order valence-electron chi connectivity index (χ2n) is 11.2. The number of carbonyl (C=O) groups is 1. The Bertz CT molecular complexity index is 1770. The Morgan fingerprint density at radius 2 is 1.80 bits per heavy atom. The van der Waals surface area contributed by atoms with Crippen molar-refractivity contribution >= 4 is 54.7 Å². The van der Waals surface area contributed by atoms with Gasteiger partial charge in [-0.15, -0.1) is 11.3 Å². The van der Waals surface area contributed by atoms with E-state index >= 15 is 0 Å². The molecule has 0 saturated carbocycles. The van der Waals surface area contributed by atoms with E-state index in [-0.39, 0.29) is 12.5 Å². The molecule has 2 aliphatic heterocycles. The number of para-hydroxylation sites is 1. The van der Waals surface area contributed by atoms with Gasteiger partial charge in [0.05, 0.1) is 35.7 Å². The molecular formula is C34H35N5O5S2. The van der Waals surface area contributed by atoms with Crippen molar-refractivity contribution in [1.82, 2.24) is 9.97 Å². The van der Waals surface area contributed by atoms with Gasteiger partial charge < -0.3 is 19.3 Å². The number of nitrogens with zero attached hydrogens (tertiary/aromatic N) is 4. The summed E-state index contributed by atoms with van der Waals surface area (Å²) in [6, 6.07) is 22.0. The SMILES string of the molecule is O=C(Nc1nc2ccccc2s1)c1cccc2c1CN(c1nc(COO)c(CCCOc3ccc(N4CCOCC4)cc3)s1)CC2. The fraction of sp³-hybridized carbons (Fsp3) is 0.324. The molecule has 2 aromatic heterocycles. The van der Waals surface area contributed by atoms with Gasteiger partial charge in [0.1, 0.15) is 12.4 Å². The van der Waals surface area contributed by atoms with Gasteiger partial charge in [-0.3, -0.25) is 15.4 Å². The largest absolute Gasteiger partial charge is 0.494 e. The van der Waals surface area contributed by atoms with Crippen LogP contribution in [0.25, 0.3) is 10.2 Å². The third-order valence-corrected chi connectivity index (χ3v) is 10.5. The predicted molar refractivity (Wildman–Crippen MR) is 182 cm³/mol. The Balaban J connectivity index is 0.989. The highest BCUT2D eigenvalue weighted by atomic mass is 32.1. The number of aryl methyl sites for hydroxylation is 1. The van der Waals surface area contributed by atoms with Crippen molar-refractivity contribution in [3.8, 4) is 5.75 Å². The van der Waals surface area contributed by atoms with Crippen LogP contribution in [0.1, 0.15) is 38.5 Å². The van der Waals surface area contributed by atoms with Crippen molar-refractivity contribution in [2.45, 2.75) is 32.4 Å². The monoisotopic (exact) mass is 657 g/mol. The average Bonchev–Trinajstić information content (AvgIpc) is 3.70. The maximum absolute atomic E-state index is 13.4. The number of anilines is 3. The zero-order chi connectivity index (χ0) is 31.3. The van der Waals surface area contributed by atoms with Gasteiger partial charge in [-0.25, -0.2) is 14.9 Å². The van der Waals surface area contributed by atoms with Crippen LogP contribution in [-0.4, -0.2) is 60.6 Å². The van der Waals surface area contributed by atoms with E-state index in [0.717, 1.165) is 89.3 Å². The number of morpholine rings is 1. The molecule has 1 amide bonds. The Kier molecular flexibility index (Phi) is 9.40. The second kappa shape index (κ2) is 14.1. The van der Waals surface area contributed by atoms with E-state index in [0.29, 0.717) is 23.8 Å². The minimum Gasteiger partial charge on any atom is -0.494 e. The lowest BCUT2D eigenvalue weighted by Gasteiger charge is -2.29. The zero-order valence-electron chi connectivity index (χ0n) is 25.3. The third kappa shape index (κ3) is 6.86. The Morgan fingerprint density at radius 1 is 0.957 bits per heavy atom. The number of ether oxygens (including phenoxy) is 2. The topological polar surface area (TPSA) is 109 Å². The van der Waals surface area contributed by atoms with Crippen molar-refractivity contribution in [2.75, 3.05) is 54.6 Å². The van der Waals surface area contributed by atoms with Gasteiger partial charge in [-0.2, -0.15) is 0 Å². The number of carbonyl (C=O) groups excluding carboxylic acids is 1. The van der Waals surface area contributed by atoms with Crippen LogP contribution in [0.2, 0.25) is 0 Å². The standard InChI is InChI=1S/C34H35N5O5S2/c40-32(37-33-35-28-7-1-2-8-30(28)45-33)26-6-3-5-23-14-15-39(21-27(23)26)34-36-29(22-44-41)31(46-34)9-4-18-43-25-12-10-24(11-13-25)38-16-19-42-20-17-38/h1-3,5-8,10-13,41H,4,9,14-22H2,(H,35,37,40). The highest BCUT2D eigenvalue weighted by molar-refractivity contribution is 7.22. The minimum absolute atomic E-state index is 0.0238. The molecule has 0 aliphatic carbocycles. The molecule has 0 spiro atoms. The zero-order valence-corrected chi connectivity index (χ0v) is 26.9. The summed E-state index contributed by atoms with van der Waals surface area (Å²) >= 11 is 3.08. The molecule has 2 N–H and O–H groups in total. The molecule has 0 unspecified atom stereocenters. The predicted octanol–water partition coefficient (Wildman–Crippen LogP) is 6.41. The minimum atomic E-state index is -0.164. The van der Waals surface area contributed by atoms with Crippen LogP contribution in [0.5, 0.6) is 5.75 Å². The van der Waals surface area contributed by atoms with E-state index in [2.05, 4.69) is 43.2 Å². The molecule has 4 heterocycles. The molecule has 10 nitrogen and oxygen atoms in total. The molecule has 46 heavy (non-hydrogen) atoms. The van der Waals surface area contributed by atoms with Gasteiger partial charge in [0.15, 0.2) is 10.3 Å². The van der Waals surface area contributed by atoms with Crippen molar-refractivity contribution in [2.24, 2.45) is 0 Å². The Hall–Kier alpha value is -4.07. The quantitative estimate of drug-likeness (QED) is 0.0947. The molecule has 5 aromatic rings. The second-order valence-corrected chi connectivity index (χ2v) is 13.3. The normalized spacial score (nSPS) is 14.8. The van der Waals surface area contributed by atoms with Crippen LogP contribution in [0.4, 0.5) is 16.0 Å². The highest BCUT2D eigenvalue weighted by Crippen LogP contribution is 2.34. The van der Waals surface area contributed by atoms with Crippen molar-refractivity contribution in [3.63, 3.8) is 0 Å². The molecule has 1 saturated heterocycles. The van der Waals surface area contributed by atoms with Crippen molar-refractivity contribution < 1.29 is 24.4 Å². The average molecular weight is 658 g/mol. The molecule has 0 atom stereocenters. The summed E-state index contributed by atoms with van der Waals surface area (Å²) in [5.41, 5.74) is 5.59.